The van der Waals surface area contributed by atoms with Gasteiger partial charge in [0.25, 0.3) is 0 Å². The zero-order chi connectivity index (χ0) is 45.2. The molecule has 0 spiro atoms. The maximum Gasteiger partial charge on any atom is 0.306 e. The minimum absolute atomic E-state index is 0.0622. The molecule has 0 N–H and O–H groups in total. The molecule has 0 aromatic heterocycles. The summed E-state index contributed by atoms with van der Waals surface area (Å²) < 4.78 is 16.9. The summed E-state index contributed by atoms with van der Waals surface area (Å²) in [7, 11) is 0. The second-order valence-corrected chi connectivity index (χ2v) is 19.7. The molecule has 0 unspecified atom stereocenters. The molecule has 0 aliphatic rings. The third-order valence-corrected chi connectivity index (χ3v) is 12.8. The Morgan fingerprint density at radius 1 is 0.306 bits per heavy atom. The van der Waals surface area contributed by atoms with Gasteiger partial charge in [-0.3, -0.25) is 14.4 Å². The van der Waals surface area contributed by atoms with Crippen LogP contribution < -0.4 is 0 Å². The van der Waals surface area contributed by atoms with Crippen molar-refractivity contribution in [2.24, 2.45) is 5.92 Å². The van der Waals surface area contributed by atoms with Crippen LogP contribution in [-0.2, 0) is 28.6 Å². The van der Waals surface area contributed by atoms with Crippen LogP contribution in [0.5, 0.6) is 0 Å². The average molecular weight is 877 g/mol. The highest BCUT2D eigenvalue weighted by atomic mass is 16.6. The number of ether oxygens (including phenoxy) is 3. The topological polar surface area (TPSA) is 78.9 Å². The predicted molar refractivity (Wildman–Crippen MR) is 266 cm³/mol. The lowest BCUT2D eigenvalue weighted by Crippen LogP contribution is -2.30. The molecular weight excluding hydrogens is 769 g/mol. The fourth-order valence-corrected chi connectivity index (χ4v) is 8.57. The van der Waals surface area contributed by atoms with Crippen LogP contribution in [0, 0.1) is 5.92 Å². The summed E-state index contributed by atoms with van der Waals surface area (Å²) in [5, 5.41) is 0. The molecule has 0 aromatic carbocycles. The molecule has 0 aliphatic carbocycles. The summed E-state index contributed by atoms with van der Waals surface area (Å²) in [6.45, 7) is 9.04. The highest BCUT2D eigenvalue weighted by Crippen LogP contribution is 2.18. The first-order valence-corrected chi connectivity index (χ1v) is 27.9. The zero-order valence-electron chi connectivity index (χ0n) is 42.3. The van der Waals surface area contributed by atoms with E-state index in [1.165, 1.54) is 212 Å². The van der Waals surface area contributed by atoms with Gasteiger partial charge in [0, 0.05) is 19.3 Å². The average Bonchev–Trinajstić information content (AvgIpc) is 3.26. The number of esters is 3. The van der Waals surface area contributed by atoms with Crippen molar-refractivity contribution < 1.29 is 28.6 Å². The first-order chi connectivity index (χ1) is 30.4. The van der Waals surface area contributed by atoms with Crippen LogP contribution in [0.15, 0.2) is 0 Å². The summed E-state index contributed by atoms with van der Waals surface area (Å²) in [4.78, 5) is 38.0. The van der Waals surface area contributed by atoms with Gasteiger partial charge in [-0.05, 0) is 25.2 Å². The molecule has 6 heteroatoms. The molecule has 0 fully saturated rings. The lowest BCUT2D eigenvalue weighted by atomic mass is 10.0. The number of hydrogen-bond donors (Lipinski definition) is 0. The second kappa shape index (κ2) is 50.4. The Balaban J connectivity index is 4.29. The van der Waals surface area contributed by atoms with E-state index in [0.717, 1.165) is 63.7 Å². The van der Waals surface area contributed by atoms with E-state index < -0.39 is 6.10 Å². The van der Waals surface area contributed by atoms with Crippen LogP contribution in [0.25, 0.3) is 0 Å². The molecule has 0 aliphatic heterocycles. The molecule has 6 nitrogen and oxygen atoms in total. The number of carbonyl (C=O) groups excluding carboxylic acids is 3. The van der Waals surface area contributed by atoms with Crippen molar-refractivity contribution in [3.8, 4) is 0 Å². The van der Waals surface area contributed by atoms with Crippen molar-refractivity contribution >= 4 is 17.9 Å². The monoisotopic (exact) mass is 877 g/mol. The molecule has 0 aromatic rings. The van der Waals surface area contributed by atoms with Gasteiger partial charge < -0.3 is 14.2 Å². The summed E-state index contributed by atoms with van der Waals surface area (Å²) >= 11 is 0. The van der Waals surface area contributed by atoms with Gasteiger partial charge in [0.2, 0.25) is 0 Å². The van der Waals surface area contributed by atoms with Crippen molar-refractivity contribution in [3.05, 3.63) is 0 Å². The molecule has 0 saturated heterocycles. The largest absolute Gasteiger partial charge is 0.462 e. The second-order valence-electron chi connectivity index (χ2n) is 19.7. The molecule has 0 saturated carbocycles. The van der Waals surface area contributed by atoms with E-state index in [-0.39, 0.29) is 31.1 Å². The van der Waals surface area contributed by atoms with Gasteiger partial charge in [-0.15, -0.1) is 0 Å². The Morgan fingerprint density at radius 2 is 0.532 bits per heavy atom. The predicted octanol–water partition coefficient (Wildman–Crippen LogP) is 18.2. The Labute approximate surface area is 387 Å². The Kier molecular flexibility index (Phi) is 49.1. The van der Waals surface area contributed by atoms with E-state index in [4.69, 9.17) is 14.2 Å². The van der Waals surface area contributed by atoms with E-state index in [0.29, 0.717) is 19.3 Å². The molecular formula is C56H108O6. The SMILES string of the molecule is CCCCCCCCCCCCCCCCCCCC(=O)OC[C@@H](COC(=O)CCCCCCCCCCCCC(C)C)OC(=O)CCCCCCCCCCCCCCCC. The Bertz CT molecular complexity index is 933. The lowest BCUT2D eigenvalue weighted by Gasteiger charge is -2.18. The Hall–Kier alpha value is -1.59. The van der Waals surface area contributed by atoms with Gasteiger partial charge in [0.05, 0.1) is 0 Å². The number of rotatable bonds is 51. The molecule has 368 valence electrons. The number of carbonyl (C=O) groups is 3. The molecule has 62 heavy (non-hydrogen) atoms. The molecule has 0 amide bonds. The first-order valence-electron chi connectivity index (χ1n) is 27.9. The van der Waals surface area contributed by atoms with Crippen LogP contribution >= 0.6 is 0 Å². The fraction of sp³-hybridized carbons (Fsp3) is 0.946. The van der Waals surface area contributed by atoms with E-state index in [9.17, 15) is 14.4 Å². The molecule has 0 radical (unpaired) electrons. The van der Waals surface area contributed by atoms with Crippen LogP contribution in [0.4, 0.5) is 0 Å². The fourth-order valence-electron chi connectivity index (χ4n) is 8.57. The standard InChI is InChI=1S/C56H108O6/c1-5-7-9-11-13-15-17-19-21-22-23-25-26-31-35-39-43-47-54(57)60-50-53(51-61-55(58)48-44-40-36-32-29-28-30-34-38-42-46-52(3)4)62-56(59)49-45-41-37-33-27-24-20-18-16-14-12-10-8-6-2/h52-53H,5-51H2,1-4H3/t53-/m0/s1. The quantitative estimate of drug-likeness (QED) is 0.0344. The summed E-state index contributed by atoms with van der Waals surface area (Å²) in [5.41, 5.74) is 0. The number of hydrogen-bond acceptors (Lipinski definition) is 6. The molecule has 0 rings (SSSR count). The highest BCUT2D eigenvalue weighted by molar-refractivity contribution is 5.71. The maximum atomic E-state index is 12.8. The summed E-state index contributed by atoms with van der Waals surface area (Å²) in [6, 6.07) is 0. The van der Waals surface area contributed by atoms with Crippen molar-refractivity contribution in [1.29, 1.82) is 0 Å². The number of unbranched alkanes of at least 4 members (excludes halogenated alkanes) is 38. The van der Waals surface area contributed by atoms with E-state index in [2.05, 4.69) is 27.7 Å². The Morgan fingerprint density at radius 3 is 0.790 bits per heavy atom. The van der Waals surface area contributed by atoms with Crippen LogP contribution in [0.1, 0.15) is 317 Å². The van der Waals surface area contributed by atoms with Crippen molar-refractivity contribution in [3.63, 3.8) is 0 Å². The van der Waals surface area contributed by atoms with Gasteiger partial charge in [0.15, 0.2) is 6.10 Å². The molecule has 1 atom stereocenters. The van der Waals surface area contributed by atoms with Crippen molar-refractivity contribution in [2.45, 2.75) is 323 Å². The normalized spacial score (nSPS) is 12.0. The van der Waals surface area contributed by atoms with E-state index in [1.807, 2.05) is 0 Å². The minimum Gasteiger partial charge on any atom is -0.462 e. The van der Waals surface area contributed by atoms with Gasteiger partial charge in [0.1, 0.15) is 13.2 Å². The summed E-state index contributed by atoms with van der Waals surface area (Å²) in [6.07, 6.45) is 53.7. The van der Waals surface area contributed by atoms with E-state index in [1.54, 1.807) is 0 Å². The molecule has 0 bridgehead atoms. The van der Waals surface area contributed by atoms with Crippen molar-refractivity contribution in [2.75, 3.05) is 13.2 Å². The van der Waals surface area contributed by atoms with Crippen LogP contribution in [-0.4, -0.2) is 37.2 Å². The molecule has 0 heterocycles. The highest BCUT2D eigenvalue weighted by Gasteiger charge is 2.19. The van der Waals surface area contributed by atoms with E-state index >= 15 is 0 Å². The van der Waals surface area contributed by atoms with Gasteiger partial charge in [-0.2, -0.15) is 0 Å². The maximum absolute atomic E-state index is 12.8. The van der Waals surface area contributed by atoms with Crippen LogP contribution in [0.2, 0.25) is 0 Å². The minimum atomic E-state index is -0.761. The zero-order valence-corrected chi connectivity index (χ0v) is 42.3. The van der Waals surface area contributed by atoms with Gasteiger partial charge >= 0.3 is 17.9 Å². The van der Waals surface area contributed by atoms with Crippen molar-refractivity contribution in [1.82, 2.24) is 0 Å². The van der Waals surface area contributed by atoms with Gasteiger partial charge in [-0.1, -0.05) is 278 Å². The van der Waals surface area contributed by atoms with Gasteiger partial charge in [-0.25, -0.2) is 0 Å². The third-order valence-electron chi connectivity index (χ3n) is 12.8. The smallest absolute Gasteiger partial charge is 0.306 e. The third kappa shape index (κ3) is 49.4. The summed E-state index contributed by atoms with van der Waals surface area (Å²) in [5.74, 6) is -0.0203. The van der Waals surface area contributed by atoms with Crippen LogP contribution in [0.3, 0.4) is 0 Å². The first kappa shape index (κ1) is 60.4. The lowest BCUT2D eigenvalue weighted by molar-refractivity contribution is -0.167.